The van der Waals surface area contributed by atoms with E-state index in [9.17, 15) is 0 Å². The molecular formula is C18H10N2O. The molecule has 0 saturated heterocycles. The lowest BCUT2D eigenvalue weighted by molar-refractivity contribution is 0.661. The van der Waals surface area contributed by atoms with Crippen LogP contribution in [-0.2, 0) is 0 Å². The van der Waals surface area contributed by atoms with Crippen molar-refractivity contribution >= 4 is 43.7 Å². The SMILES string of the molecule is c1ccc2oc3ccc4ccc5ncnc5c4c3cc2c1. The van der Waals surface area contributed by atoms with Gasteiger partial charge >= 0.3 is 0 Å². The summed E-state index contributed by atoms with van der Waals surface area (Å²) in [5.74, 6) is 0. The summed E-state index contributed by atoms with van der Waals surface area (Å²) in [6.45, 7) is 0. The summed E-state index contributed by atoms with van der Waals surface area (Å²) in [7, 11) is 0. The van der Waals surface area contributed by atoms with Gasteiger partial charge in [0.1, 0.15) is 17.5 Å². The van der Waals surface area contributed by atoms with E-state index in [1.807, 2.05) is 30.3 Å². The topological polar surface area (TPSA) is 38.9 Å². The predicted molar refractivity (Wildman–Crippen MR) is 84.3 cm³/mol. The second-order valence-corrected chi connectivity index (χ2v) is 5.17. The van der Waals surface area contributed by atoms with Crippen LogP contribution in [0.3, 0.4) is 0 Å². The fourth-order valence-electron chi connectivity index (χ4n) is 2.98. The van der Waals surface area contributed by atoms with Crippen molar-refractivity contribution in [3.63, 3.8) is 0 Å². The molecule has 5 aromatic rings. The quantitative estimate of drug-likeness (QED) is 0.303. The van der Waals surface area contributed by atoms with Crippen LogP contribution in [0.1, 0.15) is 0 Å². The largest absolute Gasteiger partial charge is 0.456 e. The second kappa shape index (κ2) is 3.79. The van der Waals surface area contributed by atoms with Crippen LogP contribution in [-0.4, -0.2) is 9.97 Å². The van der Waals surface area contributed by atoms with Gasteiger partial charge in [0.05, 0.1) is 11.0 Å². The zero-order valence-corrected chi connectivity index (χ0v) is 11.1. The molecule has 2 aromatic heterocycles. The molecule has 0 unspecified atom stereocenters. The fraction of sp³-hybridized carbons (Fsp3) is 0. The van der Waals surface area contributed by atoms with Gasteiger partial charge in [0, 0.05) is 16.2 Å². The number of para-hydroxylation sites is 1. The predicted octanol–water partition coefficient (Wildman–Crippen LogP) is 4.68. The van der Waals surface area contributed by atoms with E-state index in [1.165, 1.54) is 0 Å². The van der Waals surface area contributed by atoms with Crippen LogP contribution in [0.5, 0.6) is 0 Å². The van der Waals surface area contributed by atoms with Gasteiger partial charge in [-0.3, -0.25) is 0 Å². The Hall–Kier alpha value is -2.94. The molecule has 0 amide bonds. The maximum absolute atomic E-state index is 6.03. The lowest BCUT2D eigenvalue weighted by Gasteiger charge is -2.06. The minimum Gasteiger partial charge on any atom is -0.456 e. The van der Waals surface area contributed by atoms with Gasteiger partial charge in [-0.25, -0.2) is 9.97 Å². The highest BCUT2D eigenvalue weighted by Gasteiger charge is 2.09. The molecule has 0 saturated carbocycles. The molecular weight excluding hydrogens is 260 g/mol. The highest BCUT2D eigenvalue weighted by Crippen LogP contribution is 2.33. The van der Waals surface area contributed by atoms with E-state index in [2.05, 4.69) is 34.2 Å². The average Bonchev–Trinajstić information content (AvgIpc) is 3.01. The third-order valence-corrected chi connectivity index (χ3v) is 3.96. The van der Waals surface area contributed by atoms with Crippen molar-refractivity contribution in [2.45, 2.75) is 0 Å². The smallest absolute Gasteiger partial charge is 0.135 e. The first kappa shape index (κ1) is 10.8. The lowest BCUT2D eigenvalue weighted by atomic mass is 10.0. The first-order valence-corrected chi connectivity index (χ1v) is 6.85. The number of benzene rings is 3. The van der Waals surface area contributed by atoms with Crippen molar-refractivity contribution < 1.29 is 4.42 Å². The van der Waals surface area contributed by atoms with Gasteiger partial charge in [-0.1, -0.05) is 30.3 Å². The molecule has 2 heterocycles. The Labute approximate surface area is 119 Å². The molecule has 98 valence electrons. The van der Waals surface area contributed by atoms with Crippen LogP contribution in [0, 0.1) is 0 Å². The number of fused-ring (bicyclic) bond motifs is 6. The number of nitrogens with zero attached hydrogens (tertiary/aromatic N) is 2. The normalized spacial score (nSPS) is 11.8. The first-order chi connectivity index (χ1) is 10.4. The van der Waals surface area contributed by atoms with Crippen LogP contribution in [0.4, 0.5) is 0 Å². The van der Waals surface area contributed by atoms with Gasteiger partial charge in [-0.15, -0.1) is 0 Å². The fourth-order valence-corrected chi connectivity index (χ4v) is 2.98. The van der Waals surface area contributed by atoms with E-state index < -0.39 is 0 Å². The molecule has 0 atom stereocenters. The zero-order valence-electron chi connectivity index (χ0n) is 11.1. The van der Waals surface area contributed by atoms with E-state index in [-0.39, 0.29) is 0 Å². The summed E-state index contributed by atoms with van der Waals surface area (Å²) >= 11 is 0. The van der Waals surface area contributed by atoms with E-state index in [1.54, 1.807) is 6.33 Å². The van der Waals surface area contributed by atoms with Gasteiger partial charge in [0.25, 0.3) is 0 Å². The molecule has 0 radical (unpaired) electrons. The minimum absolute atomic E-state index is 0.872. The van der Waals surface area contributed by atoms with Crippen molar-refractivity contribution in [2.75, 3.05) is 0 Å². The van der Waals surface area contributed by atoms with Crippen LogP contribution in [0.25, 0.3) is 43.7 Å². The molecule has 0 aliphatic carbocycles. The highest BCUT2D eigenvalue weighted by atomic mass is 16.3. The van der Waals surface area contributed by atoms with Crippen molar-refractivity contribution in [1.82, 2.24) is 9.97 Å². The monoisotopic (exact) mass is 270 g/mol. The molecule has 3 heteroatoms. The highest BCUT2D eigenvalue weighted by molar-refractivity contribution is 6.18. The summed E-state index contributed by atoms with van der Waals surface area (Å²) in [6, 6.07) is 18.4. The maximum atomic E-state index is 6.03. The Morgan fingerprint density at radius 1 is 0.762 bits per heavy atom. The molecule has 3 nitrogen and oxygen atoms in total. The molecule has 0 N–H and O–H groups in total. The zero-order chi connectivity index (χ0) is 13.8. The number of rotatable bonds is 0. The summed E-state index contributed by atoms with van der Waals surface area (Å²) < 4.78 is 6.03. The summed E-state index contributed by atoms with van der Waals surface area (Å²) in [5.41, 5.74) is 3.62. The Bertz CT molecular complexity index is 1140. The first-order valence-electron chi connectivity index (χ1n) is 6.85. The standard InChI is InChI=1S/C18H10N2O/c1-2-4-15-12(3-1)9-13-16(21-15)8-6-11-5-7-14-18(17(11)13)20-10-19-14/h1-10H. The van der Waals surface area contributed by atoms with E-state index in [0.29, 0.717) is 0 Å². The Kier molecular flexibility index (Phi) is 1.95. The van der Waals surface area contributed by atoms with Crippen molar-refractivity contribution in [3.8, 4) is 0 Å². The summed E-state index contributed by atoms with van der Waals surface area (Å²) in [4.78, 5) is 8.72. The molecule has 0 fully saturated rings. The minimum atomic E-state index is 0.872. The Morgan fingerprint density at radius 2 is 1.67 bits per heavy atom. The van der Waals surface area contributed by atoms with E-state index in [0.717, 1.165) is 43.7 Å². The third-order valence-electron chi connectivity index (χ3n) is 3.96. The van der Waals surface area contributed by atoms with Gasteiger partial charge in [-0.2, -0.15) is 0 Å². The lowest BCUT2D eigenvalue weighted by Crippen LogP contribution is -1.82. The number of hydrogen-bond acceptors (Lipinski definition) is 3. The Morgan fingerprint density at radius 3 is 2.67 bits per heavy atom. The number of imidazole rings is 1. The molecule has 3 aromatic carbocycles. The van der Waals surface area contributed by atoms with Crippen molar-refractivity contribution in [3.05, 3.63) is 60.9 Å². The van der Waals surface area contributed by atoms with Crippen LogP contribution in [0.2, 0.25) is 0 Å². The summed E-state index contributed by atoms with van der Waals surface area (Å²) in [5, 5.41) is 4.43. The molecule has 0 bridgehead atoms. The van der Waals surface area contributed by atoms with E-state index >= 15 is 0 Å². The second-order valence-electron chi connectivity index (χ2n) is 5.17. The van der Waals surface area contributed by atoms with Crippen LogP contribution < -0.4 is 0 Å². The summed E-state index contributed by atoms with van der Waals surface area (Å²) in [6.07, 6.45) is 1.61. The Balaban J connectivity index is 2.11. The molecule has 0 aliphatic heterocycles. The number of hydrogen-bond donors (Lipinski definition) is 0. The van der Waals surface area contributed by atoms with Crippen molar-refractivity contribution in [2.24, 2.45) is 0 Å². The third kappa shape index (κ3) is 1.43. The maximum Gasteiger partial charge on any atom is 0.135 e. The molecule has 21 heavy (non-hydrogen) atoms. The molecule has 0 aliphatic rings. The molecule has 5 rings (SSSR count). The van der Waals surface area contributed by atoms with E-state index in [4.69, 9.17) is 4.42 Å². The van der Waals surface area contributed by atoms with Gasteiger partial charge < -0.3 is 4.42 Å². The van der Waals surface area contributed by atoms with Crippen molar-refractivity contribution in [1.29, 1.82) is 0 Å². The molecule has 0 spiro atoms. The van der Waals surface area contributed by atoms with Gasteiger partial charge in [0.2, 0.25) is 0 Å². The van der Waals surface area contributed by atoms with Crippen LogP contribution >= 0.6 is 0 Å². The van der Waals surface area contributed by atoms with Crippen LogP contribution in [0.15, 0.2) is 65.3 Å². The van der Waals surface area contributed by atoms with Gasteiger partial charge in [-0.05, 0) is 29.7 Å². The van der Waals surface area contributed by atoms with Gasteiger partial charge in [0.15, 0.2) is 0 Å². The average molecular weight is 270 g/mol. The number of aromatic nitrogens is 2.